The maximum Gasteiger partial charge on any atom is 0.496 e. The lowest BCUT2D eigenvalue weighted by Crippen LogP contribution is -2.44. The molecule has 2 aromatic rings. The third-order valence-corrected chi connectivity index (χ3v) is 7.09. The van der Waals surface area contributed by atoms with Crippen LogP contribution < -0.4 is 5.46 Å². The summed E-state index contributed by atoms with van der Waals surface area (Å²) in [5.74, 6) is -0.307. The average Bonchev–Trinajstić information content (AvgIpc) is 2.88. The number of rotatable bonds is 1. The van der Waals surface area contributed by atoms with Crippen LogP contribution in [-0.2, 0) is 5.41 Å². The fraction of sp³-hybridized carbons (Fsp3) is 0.600. The Hall–Kier alpha value is -1.70. The van der Waals surface area contributed by atoms with Crippen LogP contribution in [0.3, 0.4) is 0 Å². The zero-order chi connectivity index (χ0) is 19.7. The number of aromatic hydroxyl groups is 2. The normalized spacial score (nSPS) is 29.9. The molecule has 0 bridgehead atoms. The maximum absolute atomic E-state index is 10.8. The molecule has 7 heteroatoms. The highest BCUT2D eigenvalue weighted by Gasteiger charge is 2.52. The fourth-order valence-corrected chi connectivity index (χ4v) is 5.90. The second kappa shape index (κ2) is 5.90. The predicted molar refractivity (Wildman–Crippen MR) is 102 cm³/mol. The largest absolute Gasteiger partial charge is 0.504 e. The SMILES string of the molecule is CC1(C)CCC[C@@]2(C)c3c(oc4c(B(O)O)c(O)c(O)cc34)C(O)CCC12. The molecule has 1 aromatic carbocycles. The van der Waals surface area contributed by atoms with Crippen LogP contribution in [0.2, 0.25) is 0 Å². The highest BCUT2D eigenvalue weighted by molar-refractivity contribution is 6.63. The van der Waals surface area contributed by atoms with Gasteiger partial charge in [-0.05, 0) is 48.5 Å². The van der Waals surface area contributed by atoms with Crippen molar-refractivity contribution in [3.63, 3.8) is 0 Å². The van der Waals surface area contributed by atoms with E-state index in [9.17, 15) is 25.4 Å². The summed E-state index contributed by atoms with van der Waals surface area (Å²) < 4.78 is 5.95. The first-order valence-corrected chi connectivity index (χ1v) is 9.64. The Morgan fingerprint density at radius 2 is 1.81 bits per heavy atom. The van der Waals surface area contributed by atoms with E-state index < -0.39 is 24.7 Å². The highest BCUT2D eigenvalue weighted by Crippen LogP contribution is 2.59. The number of fused-ring (bicyclic) bond motifs is 5. The molecule has 1 fully saturated rings. The molecule has 2 aliphatic carbocycles. The van der Waals surface area contributed by atoms with Crippen molar-refractivity contribution in [1.29, 1.82) is 0 Å². The van der Waals surface area contributed by atoms with E-state index >= 15 is 0 Å². The van der Waals surface area contributed by atoms with Crippen LogP contribution in [-0.4, -0.2) is 32.5 Å². The van der Waals surface area contributed by atoms with E-state index in [4.69, 9.17) is 4.42 Å². The summed E-state index contributed by atoms with van der Waals surface area (Å²) in [5, 5.41) is 51.2. The molecule has 27 heavy (non-hydrogen) atoms. The van der Waals surface area contributed by atoms with Gasteiger partial charge in [-0.2, -0.15) is 0 Å². The molecule has 0 amide bonds. The van der Waals surface area contributed by atoms with Crippen LogP contribution in [0.5, 0.6) is 11.5 Å². The highest BCUT2D eigenvalue weighted by atomic mass is 16.4. The molecule has 2 aliphatic rings. The minimum absolute atomic E-state index is 0.0935. The van der Waals surface area contributed by atoms with Gasteiger partial charge in [0.25, 0.3) is 0 Å². The van der Waals surface area contributed by atoms with Gasteiger partial charge in [0.2, 0.25) is 0 Å². The van der Waals surface area contributed by atoms with Gasteiger partial charge >= 0.3 is 7.12 Å². The molecule has 0 radical (unpaired) electrons. The van der Waals surface area contributed by atoms with Gasteiger partial charge in [-0.3, -0.25) is 0 Å². The van der Waals surface area contributed by atoms with Gasteiger partial charge in [0.15, 0.2) is 11.5 Å². The molecule has 1 heterocycles. The number of furan rings is 1. The number of aliphatic hydroxyl groups is 1. The second-order valence-electron chi connectivity index (χ2n) is 9.15. The summed E-state index contributed by atoms with van der Waals surface area (Å²) >= 11 is 0. The Morgan fingerprint density at radius 1 is 1.11 bits per heavy atom. The fourth-order valence-electron chi connectivity index (χ4n) is 5.90. The van der Waals surface area contributed by atoms with E-state index in [1.807, 2.05) is 0 Å². The Labute approximate surface area is 158 Å². The Morgan fingerprint density at radius 3 is 2.48 bits per heavy atom. The van der Waals surface area contributed by atoms with Crippen molar-refractivity contribution < 1.29 is 29.8 Å². The number of hydrogen-bond acceptors (Lipinski definition) is 6. The summed E-state index contributed by atoms with van der Waals surface area (Å²) in [6.07, 6.45) is 3.71. The summed E-state index contributed by atoms with van der Waals surface area (Å²) in [5.41, 5.74) is 0.504. The molecule has 1 aromatic heterocycles. The van der Waals surface area contributed by atoms with Crippen molar-refractivity contribution in [2.75, 3.05) is 0 Å². The number of hydrogen-bond donors (Lipinski definition) is 5. The first-order valence-electron chi connectivity index (χ1n) is 9.64. The van der Waals surface area contributed by atoms with E-state index in [1.165, 1.54) is 6.07 Å². The lowest BCUT2D eigenvalue weighted by molar-refractivity contribution is 0.0445. The number of phenolic OH excluding ortho intramolecular Hbond substituents is 2. The van der Waals surface area contributed by atoms with Gasteiger partial charge in [-0.25, -0.2) is 0 Å². The summed E-state index contributed by atoms with van der Waals surface area (Å²) in [7, 11) is -2.00. The molecule has 3 atom stereocenters. The summed E-state index contributed by atoms with van der Waals surface area (Å²) in [6.45, 7) is 6.71. The van der Waals surface area contributed by atoms with Gasteiger partial charge < -0.3 is 29.8 Å². The van der Waals surface area contributed by atoms with E-state index in [0.717, 1.165) is 31.2 Å². The van der Waals surface area contributed by atoms with Crippen molar-refractivity contribution in [2.45, 2.75) is 64.4 Å². The van der Waals surface area contributed by atoms with Crippen LogP contribution in [0.15, 0.2) is 10.5 Å². The van der Waals surface area contributed by atoms with Crippen molar-refractivity contribution in [1.82, 2.24) is 0 Å². The van der Waals surface area contributed by atoms with Crippen LogP contribution in [0.25, 0.3) is 11.0 Å². The Bertz CT molecular complexity index is 902. The lowest BCUT2D eigenvalue weighted by atomic mass is 9.53. The Kier molecular flexibility index (Phi) is 4.08. The van der Waals surface area contributed by atoms with E-state index in [-0.39, 0.29) is 21.9 Å². The van der Waals surface area contributed by atoms with E-state index in [1.54, 1.807) is 0 Å². The van der Waals surface area contributed by atoms with Crippen molar-refractivity contribution >= 4 is 23.6 Å². The van der Waals surface area contributed by atoms with Gasteiger partial charge in [0, 0.05) is 10.9 Å². The first kappa shape index (κ1) is 18.7. The second-order valence-corrected chi connectivity index (χ2v) is 9.15. The number of benzene rings is 1. The molecular weight excluding hydrogens is 347 g/mol. The van der Waals surface area contributed by atoms with Crippen LogP contribution in [0.4, 0.5) is 0 Å². The van der Waals surface area contributed by atoms with Gasteiger partial charge in [0.1, 0.15) is 17.4 Å². The lowest BCUT2D eigenvalue weighted by Gasteiger charge is -2.50. The van der Waals surface area contributed by atoms with Crippen molar-refractivity contribution in [2.24, 2.45) is 11.3 Å². The zero-order valence-corrected chi connectivity index (χ0v) is 16.0. The smallest absolute Gasteiger partial charge is 0.496 e. The predicted octanol–water partition coefficient (Wildman–Crippen LogP) is 2.44. The minimum atomic E-state index is -2.00. The van der Waals surface area contributed by atoms with Crippen molar-refractivity contribution in [3.05, 3.63) is 17.4 Å². The van der Waals surface area contributed by atoms with Crippen LogP contribution in [0.1, 0.15) is 70.3 Å². The third-order valence-electron chi connectivity index (χ3n) is 7.09. The van der Waals surface area contributed by atoms with Gasteiger partial charge in [-0.1, -0.05) is 27.2 Å². The molecule has 0 spiro atoms. The molecule has 6 nitrogen and oxygen atoms in total. The molecule has 0 aliphatic heterocycles. The van der Waals surface area contributed by atoms with E-state index in [2.05, 4.69) is 20.8 Å². The molecule has 1 saturated carbocycles. The molecule has 2 unspecified atom stereocenters. The standard InChI is InChI=1S/C20H27BO6/c1-19(2)7-4-8-20(3)13(19)6-5-11(22)18-14(20)10-9-12(23)16(24)15(21(25)26)17(10)27-18/h9,11,13,22-26H,4-8H2,1-3H3/t11?,13?,20-/m1/s1. The molecule has 4 rings (SSSR count). The van der Waals surface area contributed by atoms with Gasteiger partial charge in [0.05, 0.1) is 5.46 Å². The van der Waals surface area contributed by atoms with Crippen LogP contribution >= 0.6 is 0 Å². The maximum atomic E-state index is 10.8. The van der Waals surface area contributed by atoms with E-state index in [0.29, 0.717) is 23.5 Å². The topological polar surface area (TPSA) is 114 Å². The molecule has 5 N–H and O–H groups in total. The number of aliphatic hydroxyl groups excluding tert-OH is 1. The molecular formula is C20H27BO6. The van der Waals surface area contributed by atoms with Crippen molar-refractivity contribution in [3.8, 4) is 11.5 Å². The average molecular weight is 374 g/mol. The monoisotopic (exact) mass is 374 g/mol. The quantitative estimate of drug-likeness (QED) is 0.387. The molecule has 146 valence electrons. The first-order chi connectivity index (χ1) is 12.6. The van der Waals surface area contributed by atoms with Crippen LogP contribution in [0, 0.1) is 11.3 Å². The summed E-state index contributed by atoms with van der Waals surface area (Å²) in [4.78, 5) is 0. The molecule has 0 saturated heterocycles. The third kappa shape index (κ3) is 2.52. The zero-order valence-electron chi connectivity index (χ0n) is 16.0. The summed E-state index contributed by atoms with van der Waals surface area (Å²) in [6, 6.07) is 1.42. The van der Waals surface area contributed by atoms with Gasteiger partial charge in [-0.15, -0.1) is 0 Å². The number of phenols is 2. The Balaban J connectivity index is 2.08. The minimum Gasteiger partial charge on any atom is -0.504 e.